The average Bonchev–Trinajstić information content (AvgIpc) is 1.55. The maximum atomic E-state index is 8.80. The Bertz CT molecular complexity index is 162. The molecule has 0 aromatic carbocycles. The van der Waals surface area contributed by atoms with E-state index in [9.17, 15) is 0 Å². The normalized spacial score (nSPS) is 17.9. The van der Waals surface area contributed by atoms with E-state index in [0.717, 1.165) is 0 Å². The van der Waals surface area contributed by atoms with Crippen molar-refractivity contribution < 1.29 is 14.2 Å². The minimum absolute atomic E-state index is 0.0687. The smallest absolute Gasteiger partial charge is 0.281 e. The lowest BCUT2D eigenvalue weighted by Crippen LogP contribution is -2.20. The molecule has 0 aliphatic carbocycles. The van der Waals surface area contributed by atoms with E-state index in [1.807, 2.05) is 20.8 Å². The number of halogens is 1. The predicted molar refractivity (Wildman–Crippen MR) is 49.1 cm³/mol. The molecule has 0 heterocycles. The maximum absolute atomic E-state index is 8.80. The zero-order chi connectivity index (χ0) is 9.12. The van der Waals surface area contributed by atoms with Crippen molar-refractivity contribution in [1.29, 1.82) is 0 Å². The molecule has 0 aromatic rings. The van der Waals surface area contributed by atoms with Crippen molar-refractivity contribution in [3.63, 3.8) is 0 Å². The summed E-state index contributed by atoms with van der Waals surface area (Å²) >= 11 is 9.64. The Kier molecular flexibility index (Phi) is 4.48. The minimum Gasteiger partial charge on any atom is -0.349 e. The maximum Gasteiger partial charge on any atom is 0.281 e. The second kappa shape index (κ2) is 4.17. The van der Waals surface area contributed by atoms with Crippen LogP contribution in [-0.2, 0) is 21.1 Å². The Morgan fingerprint density at radius 1 is 1.55 bits per heavy atom. The van der Waals surface area contributed by atoms with Crippen LogP contribution < -0.4 is 0 Å². The van der Waals surface area contributed by atoms with Gasteiger partial charge in [-0.2, -0.15) is 0 Å². The molecule has 0 rings (SSSR count). The minimum atomic E-state index is -3.07. The summed E-state index contributed by atoms with van der Waals surface area (Å²) in [7, 11) is 0. The van der Waals surface area contributed by atoms with E-state index in [0.29, 0.717) is 0 Å². The molecule has 0 aliphatic rings. The third kappa shape index (κ3) is 10.8. The van der Waals surface area contributed by atoms with Crippen LogP contribution in [0.15, 0.2) is 0 Å². The Morgan fingerprint density at radius 2 is 2.00 bits per heavy atom. The lowest BCUT2D eigenvalue weighted by molar-refractivity contribution is -0.0741. The van der Waals surface area contributed by atoms with Crippen molar-refractivity contribution in [2.45, 2.75) is 26.4 Å². The third-order valence-corrected chi connectivity index (χ3v) is 1.74. The van der Waals surface area contributed by atoms with Gasteiger partial charge in [-0.25, -0.2) is 0 Å². The highest BCUT2D eigenvalue weighted by molar-refractivity contribution is 8.21. The Labute approximate surface area is 76.6 Å². The lowest BCUT2D eigenvalue weighted by Gasteiger charge is -2.19. The SMILES string of the molecule is CC(C)(C)OCOP(O)(=S)Cl. The molecule has 0 spiro atoms. The van der Waals surface area contributed by atoms with Crippen molar-refractivity contribution in [3.05, 3.63) is 0 Å². The summed E-state index contributed by atoms with van der Waals surface area (Å²) in [6.07, 6.45) is 0. The molecule has 1 atom stereocenters. The van der Waals surface area contributed by atoms with Crippen LogP contribution in [0.1, 0.15) is 20.8 Å². The van der Waals surface area contributed by atoms with Crippen molar-refractivity contribution in [1.82, 2.24) is 0 Å². The van der Waals surface area contributed by atoms with Gasteiger partial charge in [-0.1, -0.05) is 0 Å². The first-order valence-electron chi connectivity index (χ1n) is 3.02. The molecule has 0 aliphatic heterocycles. The number of rotatable bonds is 3. The summed E-state index contributed by atoms with van der Waals surface area (Å²) in [6, 6.07) is 0. The summed E-state index contributed by atoms with van der Waals surface area (Å²) in [5.41, 5.74) is -0.304. The van der Waals surface area contributed by atoms with Crippen molar-refractivity contribution >= 4 is 28.9 Å². The standard InChI is InChI=1S/C5H12ClO3PS/c1-5(2,3)8-4-9-10(6,7)11/h4H2,1-3H3,(H,7,11). The van der Waals surface area contributed by atoms with Crippen LogP contribution in [-0.4, -0.2) is 17.3 Å². The predicted octanol–water partition coefficient (Wildman–Crippen LogP) is 2.23. The fourth-order valence-corrected chi connectivity index (χ4v) is 0.699. The van der Waals surface area contributed by atoms with Crippen molar-refractivity contribution in [2.24, 2.45) is 0 Å². The highest BCUT2D eigenvalue weighted by Gasteiger charge is 2.13. The molecular formula is C5H12ClO3PS. The fourth-order valence-electron chi connectivity index (χ4n) is 0.268. The number of hydrogen-bond donors (Lipinski definition) is 1. The second-order valence-electron chi connectivity index (χ2n) is 2.96. The molecule has 6 heteroatoms. The van der Waals surface area contributed by atoms with E-state index in [2.05, 4.69) is 16.3 Å². The van der Waals surface area contributed by atoms with Gasteiger partial charge in [-0.05, 0) is 43.8 Å². The van der Waals surface area contributed by atoms with Gasteiger partial charge >= 0.3 is 0 Å². The number of ether oxygens (including phenoxy) is 1. The fraction of sp³-hybridized carbons (Fsp3) is 1.00. The molecule has 3 nitrogen and oxygen atoms in total. The van der Waals surface area contributed by atoms with E-state index in [1.54, 1.807) is 0 Å². The molecule has 0 aromatic heterocycles. The highest BCUT2D eigenvalue weighted by Crippen LogP contribution is 2.47. The molecule has 1 unspecified atom stereocenters. The lowest BCUT2D eigenvalue weighted by atomic mass is 10.2. The molecule has 0 saturated heterocycles. The molecule has 0 saturated carbocycles. The van der Waals surface area contributed by atoms with Crippen LogP contribution in [0.4, 0.5) is 0 Å². The largest absolute Gasteiger partial charge is 0.349 e. The van der Waals surface area contributed by atoms with Crippen LogP contribution in [0.5, 0.6) is 0 Å². The zero-order valence-corrected chi connectivity index (χ0v) is 9.17. The second-order valence-corrected chi connectivity index (χ2v) is 7.58. The van der Waals surface area contributed by atoms with Crippen molar-refractivity contribution in [2.75, 3.05) is 6.79 Å². The van der Waals surface area contributed by atoms with Crippen LogP contribution in [0.25, 0.3) is 0 Å². The van der Waals surface area contributed by atoms with Gasteiger partial charge in [0.15, 0.2) is 6.79 Å². The molecule has 0 amide bonds. The molecular weight excluding hydrogens is 207 g/mol. The summed E-state index contributed by atoms with van der Waals surface area (Å²) in [6.45, 7) is 5.53. The first-order chi connectivity index (χ1) is 4.71. The average molecular weight is 219 g/mol. The summed E-state index contributed by atoms with van der Waals surface area (Å²) in [5, 5.41) is 0. The van der Waals surface area contributed by atoms with Crippen LogP contribution in [0.3, 0.4) is 0 Å². The van der Waals surface area contributed by atoms with Crippen molar-refractivity contribution in [3.8, 4) is 0 Å². The summed E-state index contributed by atoms with van der Waals surface area (Å²) in [5.74, 6) is -3.07. The highest BCUT2D eigenvalue weighted by atomic mass is 35.7. The van der Waals surface area contributed by atoms with Gasteiger partial charge in [0, 0.05) is 0 Å². The number of hydrogen-bond acceptors (Lipinski definition) is 3. The quantitative estimate of drug-likeness (QED) is 0.583. The van der Waals surface area contributed by atoms with E-state index in [-0.39, 0.29) is 12.4 Å². The van der Waals surface area contributed by atoms with E-state index >= 15 is 0 Å². The molecule has 1 N–H and O–H groups in total. The molecule has 0 fully saturated rings. The van der Waals surface area contributed by atoms with E-state index in [1.165, 1.54) is 0 Å². The van der Waals surface area contributed by atoms with E-state index in [4.69, 9.17) is 20.9 Å². The molecule has 0 radical (unpaired) electrons. The molecule has 0 bridgehead atoms. The van der Waals surface area contributed by atoms with Gasteiger partial charge in [-0.15, -0.1) is 0 Å². The Morgan fingerprint density at radius 3 is 2.27 bits per heavy atom. The van der Waals surface area contributed by atoms with Gasteiger partial charge in [0.1, 0.15) is 0 Å². The van der Waals surface area contributed by atoms with Gasteiger partial charge < -0.3 is 9.63 Å². The van der Waals surface area contributed by atoms with E-state index < -0.39 is 5.84 Å². The van der Waals surface area contributed by atoms with Gasteiger partial charge in [0.05, 0.1) is 5.60 Å². The first-order valence-corrected chi connectivity index (χ1v) is 6.59. The van der Waals surface area contributed by atoms with Crippen LogP contribution in [0, 0.1) is 0 Å². The monoisotopic (exact) mass is 218 g/mol. The Hall–Kier alpha value is 0.820. The molecule has 68 valence electrons. The van der Waals surface area contributed by atoms with Gasteiger partial charge in [0.25, 0.3) is 5.84 Å². The van der Waals surface area contributed by atoms with Gasteiger partial charge in [0.2, 0.25) is 0 Å². The zero-order valence-electron chi connectivity index (χ0n) is 6.70. The van der Waals surface area contributed by atoms with Crippen LogP contribution in [0.2, 0.25) is 0 Å². The third-order valence-electron chi connectivity index (χ3n) is 0.704. The first kappa shape index (κ1) is 11.8. The summed E-state index contributed by atoms with van der Waals surface area (Å²) in [4.78, 5) is 8.80. The van der Waals surface area contributed by atoms with Crippen LogP contribution >= 0.6 is 17.1 Å². The Balaban J connectivity index is 3.52. The van der Waals surface area contributed by atoms with Gasteiger partial charge in [-0.3, -0.25) is 4.52 Å². The molecule has 11 heavy (non-hydrogen) atoms. The summed E-state index contributed by atoms with van der Waals surface area (Å²) < 4.78 is 9.73. The topological polar surface area (TPSA) is 38.7 Å².